The lowest BCUT2D eigenvalue weighted by Crippen LogP contribution is -2.26. The summed E-state index contributed by atoms with van der Waals surface area (Å²) in [6.45, 7) is 1.87. The van der Waals surface area contributed by atoms with Gasteiger partial charge in [-0.2, -0.15) is 0 Å². The highest BCUT2D eigenvalue weighted by atomic mass is 32.2. The molecule has 3 rings (SSSR count). The van der Waals surface area contributed by atoms with Crippen molar-refractivity contribution in [1.29, 1.82) is 0 Å². The second-order valence-corrected chi connectivity index (χ2v) is 9.62. The van der Waals surface area contributed by atoms with Crippen molar-refractivity contribution in [2.45, 2.75) is 18.2 Å². The van der Waals surface area contributed by atoms with Crippen LogP contribution >= 0.6 is 0 Å². The number of anilines is 1. The van der Waals surface area contributed by atoms with Gasteiger partial charge in [-0.25, -0.2) is 13.1 Å². The summed E-state index contributed by atoms with van der Waals surface area (Å²) < 4.78 is 49.1. The molecule has 192 valence electrons. The van der Waals surface area contributed by atoms with E-state index in [4.69, 9.17) is 18.9 Å². The molecule has 0 aromatic heterocycles. The average Bonchev–Trinajstić information content (AvgIpc) is 2.87. The number of aryl methyl sites for hydroxylation is 1. The summed E-state index contributed by atoms with van der Waals surface area (Å²) in [7, 11) is 0.913. The van der Waals surface area contributed by atoms with Crippen molar-refractivity contribution in [1.82, 2.24) is 4.72 Å². The summed E-state index contributed by atoms with van der Waals surface area (Å²) >= 11 is 0. The number of ether oxygens (including phenoxy) is 4. The molecule has 0 heterocycles. The molecule has 3 aromatic rings. The summed E-state index contributed by atoms with van der Waals surface area (Å²) in [6.07, 6.45) is 0.474. The number of amides is 1. The molecule has 0 saturated heterocycles. The van der Waals surface area contributed by atoms with E-state index in [1.54, 1.807) is 32.4 Å². The van der Waals surface area contributed by atoms with Gasteiger partial charge in [-0.05, 0) is 73.0 Å². The van der Waals surface area contributed by atoms with Crippen LogP contribution in [-0.2, 0) is 21.2 Å². The van der Waals surface area contributed by atoms with Gasteiger partial charge in [0.2, 0.25) is 10.0 Å². The van der Waals surface area contributed by atoms with Crippen molar-refractivity contribution in [2.24, 2.45) is 0 Å². The summed E-state index contributed by atoms with van der Waals surface area (Å²) in [4.78, 5) is 12.4. The van der Waals surface area contributed by atoms with Gasteiger partial charge in [0, 0.05) is 6.54 Å². The third-order valence-electron chi connectivity index (χ3n) is 5.29. The van der Waals surface area contributed by atoms with E-state index in [1.165, 1.54) is 31.4 Å². The predicted molar refractivity (Wildman–Crippen MR) is 137 cm³/mol. The Morgan fingerprint density at radius 2 is 1.50 bits per heavy atom. The summed E-state index contributed by atoms with van der Waals surface area (Å²) in [5, 5.41) is 2.75. The maximum Gasteiger partial charge on any atom is 0.262 e. The minimum absolute atomic E-state index is 0.0936. The summed E-state index contributed by atoms with van der Waals surface area (Å²) in [5.74, 6) is 1.73. The number of hydrogen-bond donors (Lipinski definition) is 2. The molecule has 0 bridgehead atoms. The fourth-order valence-electron chi connectivity index (χ4n) is 3.42. The molecule has 36 heavy (non-hydrogen) atoms. The third-order valence-corrected chi connectivity index (χ3v) is 6.76. The van der Waals surface area contributed by atoms with Crippen molar-refractivity contribution < 1.29 is 32.2 Å². The molecule has 0 fully saturated rings. The number of methoxy groups -OCH3 is 3. The first-order chi connectivity index (χ1) is 17.2. The zero-order valence-electron chi connectivity index (χ0n) is 20.7. The van der Waals surface area contributed by atoms with Gasteiger partial charge in [0.1, 0.15) is 11.5 Å². The molecular weight excluding hydrogens is 484 g/mol. The van der Waals surface area contributed by atoms with E-state index < -0.39 is 10.0 Å². The van der Waals surface area contributed by atoms with Gasteiger partial charge in [0.05, 0.1) is 31.9 Å². The topological polar surface area (TPSA) is 112 Å². The van der Waals surface area contributed by atoms with E-state index in [0.29, 0.717) is 35.1 Å². The number of benzene rings is 3. The van der Waals surface area contributed by atoms with Crippen molar-refractivity contribution in [3.63, 3.8) is 0 Å². The molecule has 0 saturated carbocycles. The lowest BCUT2D eigenvalue weighted by atomic mass is 10.1. The van der Waals surface area contributed by atoms with Crippen LogP contribution in [0, 0.1) is 6.92 Å². The van der Waals surface area contributed by atoms with Gasteiger partial charge in [0.15, 0.2) is 18.1 Å². The maximum atomic E-state index is 12.6. The standard InChI is InChI=1S/C26H30N2O7S/c1-18-5-11-23(32-2)22(15-18)28-26(29)17-35-20-7-9-21(10-8-20)36(30,31)27-14-13-19-6-12-24(33-3)25(16-19)34-4/h5-12,15-16,27H,13-14,17H2,1-4H3,(H,28,29). The first-order valence-electron chi connectivity index (χ1n) is 11.1. The van der Waals surface area contributed by atoms with E-state index in [2.05, 4.69) is 10.0 Å². The van der Waals surface area contributed by atoms with Crippen LogP contribution in [-0.4, -0.2) is 48.8 Å². The molecular formula is C26H30N2O7S. The van der Waals surface area contributed by atoms with Crippen LogP contribution in [0.2, 0.25) is 0 Å². The van der Waals surface area contributed by atoms with E-state index in [-0.39, 0.29) is 24.0 Å². The van der Waals surface area contributed by atoms with Crippen LogP contribution in [0.25, 0.3) is 0 Å². The fraction of sp³-hybridized carbons (Fsp3) is 0.269. The molecule has 3 aromatic carbocycles. The molecule has 0 aliphatic heterocycles. The lowest BCUT2D eigenvalue weighted by Gasteiger charge is -2.12. The molecule has 0 atom stereocenters. The van der Waals surface area contributed by atoms with Crippen LogP contribution in [0.3, 0.4) is 0 Å². The quantitative estimate of drug-likeness (QED) is 0.380. The molecule has 0 spiro atoms. The molecule has 10 heteroatoms. The summed E-state index contributed by atoms with van der Waals surface area (Å²) in [6, 6.07) is 16.8. The Bertz CT molecular complexity index is 1290. The Morgan fingerprint density at radius 3 is 2.17 bits per heavy atom. The third kappa shape index (κ3) is 7.12. The monoisotopic (exact) mass is 514 g/mol. The molecule has 9 nitrogen and oxygen atoms in total. The fourth-order valence-corrected chi connectivity index (χ4v) is 4.45. The second-order valence-electron chi connectivity index (χ2n) is 7.85. The van der Waals surface area contributed by atoms with E-state index in [1.807, 2.05) is 25.1 Å². The Balaban J connectivity index is 1.52. The predicted octanol–water partition coefficient (Wildman–Crippen LogP) is 3.56. The van der Waals surface area contributed by atoms with E-state index >= 15 is 0 Å². The number of carbonyl (C=O) groups excluding carboxylic acids is 1. The Hall–Kier alpha value is -3.76. The van der Waals surface area contributed by atoms with Crippen LogP contribution in [0.15, 0.2) is 65.6 Å². The van der Waals surface area contributed by atoms with Crippen molar-refractivity contribution in [3.8, 4) is 23.0 Å². The molecule has 2 N–H and O–H groups in total. The number of nitrogens with one attached hydrogen (secondary N) is 2. The van der Waals surface area contributed by atoms with Crippen molar-refractivity contribution in [3.05, 3.63) is 71.8 Å². The molecule has 0 aliphatic rings. The van der Waals surface area contributed by atoms with Gasteiger partial charge in [-0.15, -0.1) is 0 Å². The van der Waals surface area contributed by atoms with Gasteiger partial charge in [-0.3, -0.25) is 4.79 Å². The van der Waals surface area contributed by atoms with Gasteiger partial charge in [0.25, 0.3) is 5.91 Å². The smallest absolute Gasteiger partial charge is 0.262 e. The van der Waals surface area contributed by atoms with Gasteiger partial charge in [-0.1, -0.05) is 12.1 Å². The van der Waals surface area contributed by atoms with Crippen LogP contribution in [0.1, 0.15) is 11.1 Å². The number of hydrogen-bond acceptors (Lipinski definition) is 7. The highest BCUT2D eigenvalue weighted by Gasteiger charge is 2.15. The maximum absolute atomic E-state index is 12.6. The van der Waals surface area contributed by atoms with Crippen LogP contribution < -0.4 is 29.0 Å². The minimum atomic E-state index is -3.71. The number of rotatable bonds is 12. The Morgan fingerprint density at radius 1 is 0.833 bits per heavy atom. The van der Waals surface area contributed by atoms with Crippen molar-refractivity contribution >= 4 is 21.6 Å². The lowest BCUT2D eigenvalue weighted by molar-refractivity contribution is -0.118. The molecule has 0 radical (unpaired) electrons. The largest absolute Gasteiger partial charge is 0.495 e. The van der Waals surface area contributed by atoms with Crippen LogP contribution in [0.4, 0.5) is 5.69 Å². The number of sulfonamides is 1. The zero-order chi connectivity index (χ0) is 26.1. The Kier molecular flexibility index (Phi) is 9.15. The molecule has 1 amide bonds. The van der Waals surface area contributed by atoms with E-state index in [9.17, 15) is 13.2 Å². The molecule has 0 aliphatic carbocycles. The zero-order valence-corrected chi connectivity index (χ0v) is 21.5. The average molecular weight is 515 g/mol. The van der Waals surface area contributed by atoms with Crippen molar-refractivity contribution in [2.75, 3.05) is 39.8 Å². The van der Waals surface area contributed by atoms with Crippen LogP contribution in [0.5, 0.6) is 23.0 Å². The normalized spacial score (nSPS) is 11.0. The first kappa shape index (κ1) is 26.8. The SMILES string of the molecule is COc1ccc(C)cc1NC(=O)COc1ccc(S(=O)(=O)NCCc2ccc(OC)c(OC)c2)cc1. The summed E-state index contributed by atoms with van der Waals surface area (Å²) in [5.41, 5.74) is 2.42. The van der Waals surface area contributed by atoms with Gasteiger partial charge >= 0.3 is 0 Å². The first-order valence-corrected chi connectivity index (χ1v) is 12.6. The van der Waals surface area contributed by atoms with E-state index in [0.717, 1.165) is 11.1 Å². The second kappa shape index (κ2) is 12.3. The molecule has 0 unspecified atom stereocenters. The van der Waals surface area contributed by atoms with Gasteiger partial charge < -0.3 is 24.3 Å². The Labute approximate surface area is 211 Å². The number of carbonyl (C=O) groups is 1. The highest BCUT2D eigenvalue weighted by Crippen LogP contribution is 2.28. The minimum Gasteiger partial charge on any atom is -0.495 e. The highest BCUT2D eigenvalue weighted by molar-refractivity contribution is 7.89.